The fraction of sp³-hybridized carbons (Fsp3) is 0.0769. The standard InChI is InChI=1S/C13H10Br2FNO/c14-9-3-8(4-10(17)5-9)7-18-11-1-2-13(16)12(15)6-11/h1-6H,7,17H2. The molecule has 0 saturated heterocycles. The van der Waals surface area contributed by atoms with E-state index in [-0.39, 0.29) is 5.82 Å². The highest BCUT2D eigenvalue weighted by atomic mass is 79.9. The Morgan fingerprint density at radius 1 is 1.11 bits per heavy atom. The Morgan fingerprint density at radius 3 is 2.56 bits per heavy atom. The maximum atomic E-state index is 13.0. The minimum atomic E-state index is -0.311. The number of hydrogen-bond acceptors (Lipinski definition) is 2. The summed E-state index contributed by atoms with van der Waals surface area (Å²) < 4.78 is 19.9. The van der Waals surface area contributed by atoms with Gasteiger partial charge in [0.25, 0.3) is 0 Å². The molecule has 0 unspecified atom stereocenters. The first kappa shape index (κ1) is 13.4. The highest BCUT2D eigenvalue weighted by Gasteiger charge is 2.03. The number of hydrogen-bond donors (Lipinski definition) is 1. The van der Waals surface area contributed by atoms with Gasteiger partial charge in [0, 0.05) is 10.2 Å². The fourth-order valence-corrected chi connectivity index (χ4v) is 2.41. The Kier molecular flexibility index (Phi) is 4.24. The molecule has 5 heteroatoms. The number of halogens is 3. The van der Waals surface area contributed by atoms with Crippen LogP contribution in [-0.4, -0.2) is 0 Å². The van der Waals surface area contributed by atoms with Crippen molar-refractivity contribution in [2.45, 2.75) is 6.61 Å². The summed E-state index contributed by atoms with van der Waals surface area (Å²) in [7, 11) is 0. The molecule has 0 atom stereocenters. The molecule has 0 aromatic heterocycles. The van der Waals surface area contributed by atoms with Gasteiger partial charge in [-0.15, -0.1) is 0 Å². The van der Waals surface area contributed by atoms with Gasteiger partial charge in [-0.3, -0.25) is 0 Å². The van der Waals surface area contributed by atoms with Crippen LogP contribution in [0.15, 0.2) is 45.3 Å². The largest absolute Gasteiger partial charge is 0.489 e. The first-order valence-corrected chi connectivity index (χ1v) is 6.76. The van der Waals surface area contributed by atoms with Crippen LogP contribution in [0.5, 0.6) is 5.75 Å². The quantitative estimate of drug-likeness (QED) is 0.802. The van der Waals surface area contributed by atoms with Gasteiger partial charge in [0.1, 0.15) is 18.2 Å². The number of anilines is 1. The molecule has 0 saturated carbocycles. The van der Waals surface area contributed by atoms with Gasteiger partial charge in [-0.25, -0.2) is 4.39 Å². The second-order valence-corrected chi connectivity index (χ2v) is 5.53. The summed E-state index contributed by atoms with van der Waals surface area (Å²) in [5.74, 6) is 0.288. The predicted octanol–water partition coefficient (Wildman–Crippen LogP) is 4.51. The van der Waals surface area contributed by atoms with Crippen molar-refractivity contribution in [2.24, 2.45) is 0 Å². The van der Waals surface area contributed by atoms with E-state index in [1.165, 1.54) is 6.07 Å². The summed E-state index contributed by atoms with van der Waals surface area (Å²) >= 11 is 6.48. The van der Waals surface area contributed by atoms with Crippen molar-refractivity contribution in [3.8, 4) is 5.75 Å². The summed E-state index contributed by atoms with van der Waals surface area (Å²) in [6, 6.07) is 10.1. The molecular weight excluding hydrogens is 365 g/mol. The Labute approximate surface area is 121 Å². The number of nitrogens with two attached hydrogens (primary N) is 1. The first-order valence-electron chi connectivity index (χ1n) is 5.17. The first-order chi connectivity index (χ1) is 8.54. The lowest BCUT2D eigenvalue weighted by atomic mass is 10.2. The molecule has 2 rings (SSSR count). The minimum Gasteiger partial charge on any atom is -0.489 e. The molecule has 2 aromatic rings. The van der Waals surface area contributed by atoms with Crippen molar-refractivity contribution in [2.75, 3.05) is 5.73 Å². The molecule has 2 N–H and O–H groups in total. The third-order valence-corrected chi connectivity index (χ3v) is 3.34. The van der Waals surface area contributed by atoms with Gasteiger partial charge in [-0.2, -0.15) is 0 Å². The number of benzene rings is 2. The Balaban J connectivity index is 2.08. The van der Waals surface area contributed by atoms with Crippen LogP contribution in [-0.2, 0) is 6.61 Å². The second kappa shape index (κ2) is 5.71. The molecule has 2 nitrogen and oxygen atoms in total. The molecule has 0 aliphatic carbocycles. The lowest BCUT2D eigenvalue weighted by Gasteiger charge is -2.08. The smallest absolute Gasteiger partial charge is 0.137 e. The monoisotopic (exact) mass is 373 g/mol. The fourth-order valence-electron chi connectivity index (χ4n) is 1.49. The van der Waals surface area contributed by atoms with Gasteiger partial charge in [0.15, 0.2) is 0 Å². The van der Waals surface area contributed by atoms with Gasteiger partial charge in [-0.1, -0.05) is 15.9 Å². The average Bonchev–Trinajstić information content (AvgIpc) is 2.29. The molecule has 0 spiro atoms. The molecule has 0 radical (unpaired) electrons. The molecule has 0 fully saturated rings. The van der Waals surface area contributed by atoms with E-state index in [1.54, 1.807) is 12.1 Å². The van der Waals surface area contributed by atoms with Gasteiger partial charge in [-0.05, 0) is 57.9 Å². The second-order valence-electron chi connectivity index (χ2n) is 3.76. The third-order valence-electron chi connectivity index (χ3n) is 2.28. The zero-order chi connectivity index (χ0) is 13.1. The Bertz CT molecular complexity index is 555. The van der Waals surface area contributed by atoms with Crippen LogP contribution in [0.4, 0.5) is 10.1 Å². The average molecular weight is 375 g/mol. The minimum absolute atomic E-state index is 0.311. The summed E-state index contributed by atoms with van der Waals surface area (Å²) in [5, 5.41) is 0. The molecule has 94 valence electrons. The van der Waals surface area contributed by atoms with Crippen LogP contribution < -0.4 is 10.5 Å². The molecule has 0 amide bonds. The van der Waals surface area contributed by atoms with E-state index in [0.29, 0.717) is 22.5 Å². The van der Waals surface area contributed by atoms with Crippen molar-refractivity contribution in [1.29, 1.82) is 0 Å². The van der Waals surface area contributed by atoms with E-state index in [4.69, 9.17) is 10.5 Å². The van der Waals surface area contributed by atoms with Crippen LogP contribution >= 0.6 is 31.9 Å². The van der Waals surface area contributed by atoms with Crippen molar-refractivity contribution >= 4 is 37.5 Å². The normalized spacial score (nSPS) is 10.4. The van der Waals surface area contributed by atoms with Gasteiger partial charge in [0.05, 0.1) is 4.47 Å². The van der Waals surface area contributed by atoms with Crippen molar-refractivity contribution in [3.05, 3.63) is 56.7 Å². The van der Waals surface area contributed by atoms with Crippen LogP contribution in [0.25, 0.3) is 0 Å². The van der Waals surface area contributed by atoms with Gasteiger partial charge >= 0.3 is 0 Å². The Morgan fingerprint density at radius 2 is 1.89 bits per heavy atom. The van der Waals surface area contributed by atoms with Gasteiger partial charge in [0.2, 0.25) is 0 Å². The zero-order valence-electron chi connectivity index (χ0n) is 9.29. The van der Waals surface area contributed by atoms with Crippen LogP contribution in [0.1, 0.15) is 5.56 Å². The molecular formula is C13H10Br2FNO. The van der Waals surface area contributed by atoms with Gasteiger partial charge < -0.3 is 10.5 Å². The molecule has 2 aromatic carbocycles. The highest BCUT2D eigenvalue weighted by Crippen LogP contribution is 2.23. The maximum absolute atomic E-state index is 13.0. The van der Waals surface area contributed by atoms with E-state index >= 15 is 0 Å². The highest BCUT2D eigenvalue weighted by molar-refractivity contribution is 9.10. The molecule has 0 aliphatic rings. The summed E-state index contributed by atoms with van der Waals surface area (Å²) in [6.07, 6.45) is 0. The molecule has 18 heavy (non-hydrogen) atoms. The van der Waals surface area contributed by atoms with E-state index in [2.05, 4.69) is 31.9 Å². The number of ether oxygens (including phenoxy) is 1. The Hall–Kier alpha value is -1.07. The number of nitrogen functional groups attached to an aromatic ring is 1. The van der Waals surface area contributed by atoms with E-state index in [0.717, 1.165) is 10.0 Å². The van der Waals surface area contributed by atoms with Crippen LogP contribution in [0.2, 0.25) is 0 Å². The molecule has 0 bridgehead atoms. The molecule has 0 heterocycles. The zero-order valence-corrected chi connectivity index (χ0v) is 12.5. The van der Waals surface area contributed by atoms with E-state index < -0.39 is 0 Å². The summed E-state index contributed by atoms with van der Waals surface area (Å²) in [6.45, 7) is 0.377. The van der Waals surface area contributed by atoms with Crippen LogP contribution in [0, 0.1) is 5.82 Å². The third kappa shape index (κ3) is 3.46. The number of rotatable bonds is 3. The topological polar surface area (TPSA) is 35.2 Å². The maximum Gasteiger partial charge on any atom is 0.137 e. The SMILES string of the molecule is Nc1cc(Br)cc(COc2ccc(F)c(Br)c2)c1. The lowest BCUT2D eigenvalue weighted by molar-refractivity contribution is 0.305. The molecule has 0 aliphatic heterocycles. The van der Waals surface area contributed by atoms with E-state index in [1.807, 2.05) is 18.2 Å². The summed E-state index contributed by atoms with van der Waals surface area (Å²) in [5.41, 5.74) is 7.35. The van der Waals surface area contributed by atoms with Crippen LogP contribution in [0.3, 0.4) is 0 Å². The van der Waals surface area contributed by atoms with Crippen molar-refractivity contribution < 1.29 is 9.13 Å². The van der Waals surface area contributed by atoms with Crippen molar-refractivity contribution in [1.82, 2.24) is 0 Å². The van der Waals surface area contributed by atoms with E-state index in [9.17, 15) is 4.39 Å². The van der Waals surface area contributed by atoms with Crippen molar-refractivity contribution in [3.63, 3.8) is 0 Å². The lowest BCUT2D eigenvalue weighted by Crippen LogP contribution is -1.97. The predicted molar refractivity (Wildman–Crippen MR) is 77.0 cm³/mol. The summed E-state index contributed by atoms with van der Waals surface area (Å²) in [4.78, 5) is 0.